The van der Waals surface area contributed by atoms with Crippen molar-refractivity contribution in [2.24, 2.45) is 0 Å². The first-order chi connectivity index (χ1) is 9.45. The number of hydrogen-bond acceptors (Lipinski definition) is 2. The summed E-state index contributed by atoms with van der Waals surface area (Å²) in [4.78, 5) is 22.6. The molecular formula is C14H9F2NO3. The molecule has 0 fully saturated rings. The van der Waals surface area contributed by atoms with Gasteiger partial charge in [0.1, 0.15) is 11.6 Å². The molecule has 1 amide bonds. The Labute approximate surface area is 112 Å². The van der Waals surface area contributed by atoms with Crippen LogP contribution in [-0.2, 0) is 0 Å². The van der Waals surface area contributed by atoms with Crippen LogP contribution >= 0.6 is 0 Å². The monoisotopic (exact) mass is 277 g/mol. The average Bonchev–Trinajstić information content (AvgIpc) is 2.37. The van der Waals surface area contributed by atoms with Gasteiger partial charge in [-0.3, -0.25) is 4.79 Å². The van der Waals surface area contributed by atoms with Crippen molar-refractivity contribution in [3.05, 3.63) is 65.2 Å². The second kappa shape index (κ2) is 5.48. The SMILES string of the molecule is O=C(O)c1cccc(NC(=O)c2cc(F)cc(F)c2)c1. The van der Waals surface area contributed by atoms with Crippen LogP contribution in [0.25, 0.3) is 0 Å². The number of carboxylic acid groups (broad SMARTS) is 1. The van der Waals surface area contributed by atoms with E-state index in [1.54, 1.807) is 0 Å². The molecule has 0 saturated heterocycles. The number of hydrogen-bond donors (Lipinski definition) is 2. The predicted octanol–water partition coefficient (Wildman–Crippen LogP) is 2.92. The Morgan fingerprint density at radius 1 is 0.950 bits per heavy atom. The lowest BCUT2D eigenvalue weighted by Crippen LogP contribution is -2.13. The molecule has 2 N–H and O–H groups in total. The van der Waals surface area contributed by atoms with Gasteiger partial charge in [0.25, 0.3) is 5.91 Å². The summed E-state index contributed by atoms with van der Waals surface area (Å²) in [5, 5.41) is 11.2. The molecule has 0 aliphatic rings. The normalized spacial score (nSPS) is 10.1. The number of rotatable bonds is 3. The lowest BCUT2D eigenvalue weighted by molar-refractivity contribution is 0.0696. The first-order valence-electron chi connectivity index (χ1n) is 5.56. The molecule has 6 heteroatoms. The van der Waals surface area contributed by atoms with E-state index in [1.807, 2.05) is 0 Å². The van der Waals surface area contributed by atoms with E-state index < -0.39 is 23.5 Å². The summed E-state index contributed by atoms with van der Waals surface area (Å²) in [6.45, 7) is 0. The van der Waals surface area contributed by atoms with E-state index in [2.05, 4.69) is 5.32 Å². The second-order valence-electron chi connectivity index (χ2n) is 4.00. The van der Waals surface area contributed by atoms with Crippen molar-refractivity contribution in [3.63, 3.8) is 0 Å². The summed E-state index contributed by atoms with van der Waals surface area (Å²) in [6.07, 6.45) is 0. The summed E-state index contributed by atoms with van der Waals surface area (Å²) in [5.41, 5.74) is 0.0241. The highest BCUT2D eigenvalue weighted by atomic mass is 19.1. The molecule has 0 spiro atoms. The molecule has 4 nitrogen and oxygen atoms in total. The number of halogens is 2. The molecule has 0 heterocycles. The number of aromatic carboxylic acids is 1. The molecule has 0 atom stereocenters. The van der Waals surface area contributed by atoms with Gasteiger partial charge in [0.05, 0.1) is 5.56 Å². The zero-order valence-electron chi connectivity index (χ0n) is 10.1. The van der Waals surface area contributed by atoms with Gasteiger partial charge >= 0.3 is 5.97 Å². The largest absolute Gasteiger partial charge is 0.478 e. The number of carboxylic acids is 1. The summed E-state index contributed by atoms with van der Waals surface area (Å²) >= 11 is 0. The smallest absolute Gasteiger partial charge is 0.335 e. The third-order valence-corrected chi connectivity index (χ3v) is 2.49. The van der Waals surface area contributed by atoms with Gasteiger partial charge in [-0.15, -0.1) is 0 Å². The summed E-state index contributed by atoms with van der Waals surface area (Å²) in [7, 11) is 0. The average molecular weight is 277 g/mol. The Kier molecular flexibility index (Phi) is 3.74. The van der Waals surface area contributed by atoms with Gasteiger partial charge in [0, 0.05) is 17.3 Å². The molecule has 2 aromatic carbocycles. The minimum atomic E-state index is -1.14. The van der Waals surface area contributed by atoms with Gasteiger partial charge in [-0.25, -0.2) is 13.6 Å². The van der Waals surface area contributed by atoms with Crippen molar-refractivity contribution in [3.8, 4) is 0 Å². The van der Waals surface area contributed by atoms with Crippen LogP contribution in [0, 0.1) is 11.6 Å². The molecule has 102 valence electrons. The molecule has 0 aromatic heterocycles. The molecule has 0 bridgehead atoms. The number of nitrogens with one attached hydrogen (secondary N) is 1. The fraction of sp³-hybridized carbons (Fsp3) is 0. The van der Waals surface area contributed by atoms with Gasteiger partial charge in [-0.1, -0.05) is 6.07 Å². The highest BCUT2D eigenvalue weighted by molar-refractivity contribution is 6.04. The lowest BCUT2D eigenvalue weighted by Gasteiger charge is -2.06. The molecule has 0 saturated carbocycles. The number of carbonyl (C=O) groups excluding carboxylic acids is 1. The molecule has 0 radical (unpaired) electrons. The van der Waals surface area contributed by atoms with Crippen molar-refractivity contribution >= 4 is 17.6 Å². The Hall–Kier alpha value is -2.76. The molecule has 0 aliphatic carbocycles. The van der Waals surface area contributed by atoms with Crippen molar-refractivity contribution in [2.45, 2.75) is 0 Å². The lowest BCUT2D eigenvalue weighted by atomic mass is 10.1. The van der Waals surface area contributed by atoms with Crippen LogP contribution in [0.5, 0.6) is 0 Å². The van der Waals surface area contributed by atoms with Crippen LogP contribution in [-0.4, -0.2) is 17.0 Å². The molecule has 0 aliphatic heterocycles. The fourth-order valence-corrected chi connectivity index (χ4v) is 1.62. The predicted molar refractivity (Wildman–Crippen MR) is 67.7 cm³/mol. The molecule has 2 aromatic rings. The highest BCUT2D eigenvalue weighted by Gasteiger charge is 2.10. The summed E-state index contributed by atoms with van der Waals surface area (Å²) in [5.74, 6) is -3.60. The zero-order valence-corrected chi connectivity index (χ0v) is 10.1. The van der Waals surface area contributed by atoms with E-state index in [-0.39, 0.29) is 16.8 Å². The Morgan fingerprint density at radius 2 is 1.60 bits per heavy atom. The molecule has 0 unspecified atom stereocenters. The molecular weight excluding hydrogens is 268 g/mol. The molecule has 2 rings (SSSR count). The van der Waals surface area contributed by atoms with E-state index >= 15 is 0 Å². The van der Waals surface area contributed by atoms with Crippen LogP contribution in [0.1, 0.15) is 20.7 Å². The Morgan fingerprint density at radius 3 is 2.20 bits per heavy atom. The minimum absolute atomic E-state index is 0.00628. The third kappa shape index (κ3) is 3.17. The maximum atomic E-state index is 13.0. The summed E-state index contributed by atoms with van der Waals surface area (Å²) in [6, 6.07) is 7.96. The maximum Gasteiger partial charge on any atom is 0.335 e. The standard InChI is InChI=1S/C14H9F2NO3/c15-10-4-9(5-11(16)7-10)13(18)17-12-3-1-2-8(6-12)14(19)20/h1-7H,(H,17,18)(H,19,20). The minimum Gasteiger partial charge on any atom is -0.478 e. The van der Waals surface area contributed by atoms with Gasteiger partial charge < -0.3 is 10.4 Å². The van der Waals surface area contributed by atoms with Crippen molar-refractivity contribution in [1.82, 2.24) is 0 Å². The number of amides is 1. The Balaban J connectivity index is 2.23. The van der Waals surface area contributed by atoms with Gasteiger partial charge in [-0.05, 0) is 30.3 Å². The van der Waals surface area contributed by atoms with Crippen LogP contribution in [0.4, 0.5) is 14.5 Å². The summed E-state index contributed by atoms with van der Waals surface area (Å²) < 4.78 is 26.0. The van der Waals surface area contributed by atoms with E-state index in [1.165, 1.54) is 24.3 Å². The topological polar surface area (TPSA) is 66.4 Å². The van der Waals surface area contributed by atoms with Crippen LogP contribution < -0.4 is 5.32 Å². The number of benzene rings is 2. The fourth-order valence-electron chi connectivity index (χ4n) is 1.62. The Bertz CT molecular complexity index is 666. The van der Waals surface area contributed by atoms with Crippen LogP contribution in [0.2, 0.25) is 0 Å². The van der Waals surface area contributed by atoms with Gasteiger partial charge in [-0.2, -0.15) is 0 Å². The van der Waals surface area contributed by atoms with Crippen LogP contribution in [0.15, 0.2) is 42.5 Å². The van der Waals surface area contributed by atoms with E-state index in [9.17, 15) is 18.4 Å². The highest BCUT2D eigenvalue weighted by Crippen LogP contribution is 2.14. The maximum absolute atomic E-state index is 13.0. The zero-order chi connectivity index (χ0) is 14.7. The van der Waals surface area contributed by atoms with Crippen molar-refractivity contribution < 1.29 is 23.5 Å². The van der Waals surface area contributed by atoms with Crippen molar-refractivity contribution in [2.75, 3.05) is 5.32 Å². The van der Waals surface area contributed by atoms with Crippen LogP contribution in [0.3, 0.4) is 0 Å². The van der Waals surface area contributed by atoms with Crippen molar-refractivity contribution in [1.29, 1.82) is 0 Å². The molecule has 20 heavy (non-hydrogen) atoms. The number of carbonyl (C=O) groups is 2. The van der Waals surface area contributed by atoms with E-state index in [4.69, 9.17) is 5.11 Å². The number of anilines is 1. The van der Waals surface area contributed by atoms with Gasteiger partial charge in [0.2, 0.25) is 0 Å². The first-order valence-corrected chi connectivity index (χ1v) is 5.56. The third-order valence-electron chi connectivity index (χ3n) is 2.49. The van der Waals surface area contributed by atoms with E-state index in [0.29, 0.717) is 6.07 Å². The second-order valence-corrected chi connectivity index (χ2v) is 4.00. The van der Waals surface area contributed by atoms with Gasteiger partial charge in [0.15, 0.2) is 0 Å². The van der Waals surface area contributed by atoms with E-state index in [0.717, 1.165) is 12.1 Å². The quantitative estimate of drug-likeness (QED) is 0.906. The first kappa shape index (κ1) is 13.7.